The average molecular weight is 371 g/mol. The van der Waals surface area contributed by atoms with Crippen molar-refractivity contribution in [2.24, 2.45) is 0 Å². The zero-order chi connectivity index (χ0) is 15.8. The number of benzene rings is 2. The molecule has 0 aliphatic carbocycles. The molecule has 1 aliphatic heterocycles. The lowest BCUT2D eigenvalue weighted by atomic mass is 10.0. The summed E-state index contributed by atoms with van der Waals surface area (Å²) in [5.41, 5.74) is 2.98. The minimum absolute atomic E-state index is 0.0829. The lowest BCUT2D eigenvalue weighted by Gasteiger charge is -2.25. The van der Waals surface area contributed by atoms with Crippen molar-refractivity contribution in [2.75, 3.05) is 5.32 Å². The molecule has 23 heavy (non-hydrogen) atoms. The number of fused-ring (bicyclic) bond motifs is 1. The third-order valence-corrected chi connectivity index (χ3v) is 4.34. The van der Waals surface area contributed by atoms with Gasteiger partial charge in [-0.15, -0.1) is 10.2 Å². The molecule has 0 saturated heterocycles. The highest BCUT2D eigenvalue weighted by Gasteiger charge is 2.22. The van der Waals surface area contributed by atoms with Crippen LogP contribution in [-0.2, 0) is 0 Å². The fraction of sp³-hybridized carbons (Fsp3) is 0.0588. The summed E-state index contributed by atoms with van der Waals surface area (Å²) in [6, 6.07) is 14.4. The van der Waals surface area contributed by atoms with Gasteiger partial charge in [-0.05, 0) is 41.5 Å². The molecular weight excluding hydrogens is 359 g/mol. The maximum atomic E-state index is 13.2. The molecule has 6 heteroatoms. The highest BCUT2D eigenvalue weighted by Crippen LogP contribution is 2.32. The number of allylic oxidation sites excluding steroid dienone is 1. The van der Waals surface area contributed by atoms with E-state index in [0.717, 1.165) is 21.3 Å². The van der Waals surface area contributed by atoms with E-state index in [1.807, 2.05) is 28.8 Å². The number of halogens is 2. The highest BCUT2D eigenvalue weighted by atomic mass is 79.9. The molecule has 2 aromatic carbocycles. The van der Waals surface area contributed by atoms with Gasteiger partial charge in [-0.25, -0.2) is 4.39 Å². The Morgan fingerprint density at radius 2 is 1.78 bits per heavy atom. The zero-order valence-corrected chi connectivity index (χ0v) is 13.5. The van der Waals surface area contributed by atoms with Gasteiger partial charge in [-0.2, -0.15) is 0 Å². The first-order valence-electron chi connectivity index (χ1n) is 7.10. The van der Waals surface area contributed by atoms with Gasteiger partial charge < -0.3 is 5.32 Å². The molecule has 0 bridgehead atoms. The van der Waals surface area contributed by atoms with Gasteiger partial charge >= 0.3 is 0 Å². The number of aromatic nitrogens is 3. The summed E-state index contributed by atoms with van der Waals surface area (Å²) in [5, 5.41) is 11.4. The molecule has 0 saturated carbocycles. The Balaban J connectivity index is 1.79. The number of hydrogen-bond donors (Lipinski definition) is 1. The van der Waals surface area contributed by atoms with Crippen molar-refractivity contribution in [1.29, 1.82) is 0 Å². The van der Waals surface area contributed by atoms with Gasteiger partial charge in [0.2, 0.25) is 5.95 Å². The van der Waals surface area contributed by atoms with Gasteiger partial charge in [0.25, 0.3) is 0 Å². The normalized spacial score (nSPS) is 16.4. The van der Waals surface area contributed by atoms with E-state index in [1.54, 1.807) is 18.5 Å². The SMILES string of the molecule is Fc1ccc(C2C=C(c3ccc(Br)cc3)Nc3nncn32)cc1. The van der Waals surface area contributed by atoms with E-state index in [2.05, 4.69) is 37.5 Å². The zero-order valence-electron chi connectivity index (χ0n) is 11.9. The molecule has 1 aromatic heterocycles. The molecule has 1 N–H and O–H groups in total. The van der Waals surface area contributed by atoms with Crippen LogP contribution in [0.3, 0.4) is 0 Å². The molecule has 4 rings (SSSR count). The second-order valence-corrected chi connectivity index (χ2v) is 6.19. The summed E-state index contributed by atoms with van der Waals surface area (Å²) in [6.45, 7) is 0. The lowest BCUT2D eigenvalue weighted by Crippen LogP contribution is -2.18. The molecule has 1 unspecified atom stereocenters. The van der Waals surface area contributed by atoms with Gasteiger partial charge in [0.05, 0.1) is 6.04 Å². The van der Waals surface area contributed by atoms with Crippen LogP contribution in [0.15, 0.2) is 65.4 Å². The molecular formula is C17H12BrFN4. The van der Waals surface area contributed by atoms with Crippen molar-refractivity contribution in [2.45, 2.75) is 6.04 Å². The van der Waals surface area contributed by atoms with Gasteiger partial charge in [-0.3, -0.25) is 4.57 Å². The Morgan fingerprint density at radius 1 is 1.04 bits per heavy atom. The van der Waals surface area contributed by atoms with Gasteiger partial charge in [-0.1, -0.05) is 40.2 Å². The fourth-order valence-electron chi connectivity index (χ4n) is 2.65. The highest BCUT2D eigenvalue weighted by molar-refractivity contribution is 9.10. The quantitative estimate of drug-likeness (QED) is 0.733. The molecule has 3 aromatic rings. The van der Waals surface area contributed by atoms with Crippen LogP contribution in [0.2, 0.25) is 0 Å². The number of anilines is 1. The second kappa shape index (κ2) is 5.62. The van der Waals surface area contributed by atoms with Crippen LogP contribution in [0.4, 0.5) is 10.3 Å². The first kappa shape index (κ1) is 14.1. The Bertz CT molecular complexity index is 868. The minimum atomic E-state index is -0.247. The summed E-state index contributed by atoms with van der Waals surface area (Å²) in [6.07, 6.45) is 3.76. The molecule has 2 heterocycles. The van der Waals surface area contributed by atoms with E-state index in [9.17, 15) is 4.39 Å². The summed E-state index contributed by atoms with van der Waals surface area (Å²) in [4.78, 5) is 0. The monoisotopic (exact) mass is 370 g/mol. The van der Waals surface area contributed by atoms with E-state index in [-0.39, 0.29) is 11.9 Å². The Labute approximate surface area is 140 Å². The Hall–Kier alpha value is -2.47. The minimum Gasteiger partial charge on any atom is -0.324 e. The van der Waals surface area contributed by atoms with Crippen LogP contribution < -0.4 is 5.32 Å². The van der Waals surface area contributed by atoms with Crippen molar-refractivity contribution in [3.8, 4) is 0 Å². The smallest absolute Gasteiger partial charge is 0.229 e. The van der Waals surface area contributed by atoms with Crippen molar-refractivity contribution >= 4 is 27.6 Å². The summed E-state index contributed by atoms with van der Waals surface area (Å²) < 4.78 is 16.2. The molecule has 0 amide bonds. The van der Waals surface area contributed by atoms with Crippen molar-refractivity contribution in [3.63, 3.8) is 0 Å². The van der Waals surface area contributed by atoms with Crippen LogP contribution in [0.25, 0.3) is 5.70 Å². The van der Waals surface area contributed by atoms with E-state index in [1.165, 1.54) is 12.1 Å². The van der Waals surface area contributed by atoms with E-state index >= 15 is 0 Å². The molecule has 1 atom stereocenters. The topological polar surface area (TPSA) is 42.7 Å². The molecule has 0 spiro atoms. The number of rotatable bonds is 2. The van der Waals surface area contributed by atoms with Crippen LogP contribution >= 0.6 is 15.9 Å². The molecule has 0 radical (unpaired) electrons. The van der Waals surface area contributed by atoms with Crippen molar-refractivity contribution < 1.29 is 4.39 Å². The molecule has 1 aliphatic rings. The predicted molar refractivity (Wildman–Crippen MR) is 90.3 cm³/mol. The third kappa shape index (κ3) is 2.66. The van der Waals surface area contributed by atoms with E-state index in [4.69, 9.17) is 0 Å². The first-order valence-corrected chi connectivity index (χ1v) is 7.90. The van der Waals surface area contributed by atoms with Crippen molar-refractivity contribution in [1.82, 2.24) is 14.8 Å². The molecule has 4 nitrogen and oxygen atoms in total. The summed E-state index contributed by atoms with van der Waals surface area (Å²) >= 11 is 3.44. The summed E-state index contributed by atoms with van der Waals surface area (Å²) in [7, 11) is 0. The Morgan fingerprint density at radius 3 is 2.52 bits per heavy atom. The van der Waals surface area contributed by atoms with E-state index in [0.29, 0.717) is 5.95 Å². The lowest BCUT2D eigenvalue weighted by molar-refractivity contribution is 0.624. The standard InChI is InChI=1S/C17H12BrFN4/c18-13-5-1-11(2-6-13)15-9-16(12-3-7-14(19)8-4-12)23-10-20-22-17(23)21-15/h1-10,16H,(H,21,22). The van der Waals surface area contributed by atoms with E-state index < -0.39 is 0 Å². The fourth-order valence-corrected chi connectivity index (χ4v) is 2.91. The van der Waals surface area contributed by atoms with Gasteiger partial charge in [0, 0.05) is 10.2 Å². The molecule has 114 valence electrons. The predicted octanol–water partition coefficient (Wildman–Crippen LogP) is 4.24. The van der Waals surface area contributed by atoms with Crippen LogP contribution in [0.1, 0.15) is 17.2 Å². The number of nitrogens with one attached hydrogen (secondary N) is 1. The maximum absolute atomic E-state index is 13.2. The third-order valence-electron chi connectivity index (χ3n) is 3.81. The average Bonchev–Trinajstić information content (AvgIpc) is 3.04. The van der Waals surface area contributed by atoms with Crippen molar-refractivity contribution in [3.05, 3.63) is 82.4 Å². The second-order valence-electron chi connectivity index (χ2n) is 5.27. The van der Waals surface area contributed by atoms with Gasteiger partial charge in [0.1, 0.15) is 12.1 Å². The van der Waals surface area contributed by atoms with Crippen LogP contribution in [-0.4, -0.2) is 14.8 Å². The molecule has 0 fully saturated rings. The first-order chi connectivity index (χ1) is 11.2. The maximum Gasteiger partial charge on any atom is 0.229 e. The van der Waals surface area contributed by atoms with Gasteiger partial charge in [0.15, 0.2) is 0 Å². The van der Waals surface area contributed by atoms with Crippen LogP contribution in [0, 0.1) is 5.82 Å². The Kier molecular flexibility index (Phi) is 3.46. The number of hydrogen-bond acceptors (Lipinski definition) is 3. The van der Waals surface area contributed by atoms with Crippen LogP contribution in [0.5, 0.6) is 0 Å². The largest absolute Gasteiger partial charge is 0.324 e. The number of nitrogens with zero attached hydrogens (tertiary/aromatic N) is 3. The summed E-state index contributed by atoms with van der Waals surface area (Å²) in [5.74, 6) is 0.420.